The third-order valence-electron chi connectivity index (χ3n) is 2.80. The van der Waals surface area contributed by atoms with Crippen LogP contribution >= 0.6 is 11.8 Å². The van der Waals surface area contributed by atoms with Crippen LogP contribution in [0.25, 0.3) is 10.8 Å². The Hall–Kier alpha value is -2.25. The Bertz CT molecular complexity index is 786. The summed E-state index contributed by atoms with van der Waals surface area (Å²) in [5.41, 5.74) is 1.55. The second kappa shape index (κ2) is 4.79. The molecule has 0 spiro atoms. The number of fused-ring (bicyclic) bond motifs is 1. The second-order valence-corrected chi connectivity index (χ2v) is 5.12. The molecule has 0 radical (unpaired) electrons. The molecule has 0 aliphatic rings. The van der Waals surface area contributed by atoms with E-state index in [1.807, 2.05) is 43.3 Å². The van der Waals surface area contributed by atoms with Crippen molar-refractivity contribution in [2.75, 3.05) is 0 Å². The molecule has 0 fully saturated rings. The summed E-state index contributed by atoms with van der Waals surface area (Å²) in [5, 5.41) is 11.8. The van der Waals surface area contributed by atoms with Gasteiger partial charge in [-0.2, -0.15) is 5.26 Å². The molecule has 3 nitrogen and oxygen atoms in total. The molecule has 0 amide bonds. The van der Waals surface area contributed by atoms with E-state index in [-0.39, 0.29) is 0 Å². The summed E-state index contributed by atoms with van der Waals surface area (Å²) in [7, 11) is 0. The number of aromatic nitrogens is 1. The van der Waals surface area contributed by atoms with Gasteiger partial charge < -0.3 is 4.42 Å². The highest BCUT2D eigenvalue weighted by molar-refractivity contribution is 7.99. The van der Waals surface area contributed by atoms with Gasteiger partial charge in [-0.05, 0) is 36.2 Å². The average Bonchev–Trinajstić information content (AvgIpc) is 2.85. The number of nitrogens with zero attached hydrogens (tertiary/aromatic N) is 2. The summed E-state index contributed by atoms with van der Waals surface area (Å²) in [6.07, 6.45) is 1.63. The van der Waals surface area contributed by atoms with E-state index in [2.05, 4.69) is 11.1 Å². The topological polar surface area (TPSA) is 49.8 Å². The van der Waals surface area contributed by atoms with Gasteiger partial charge in [-0.1, -0.05) is 24.3 Å². The third-order valence-corrected chi connectivity index (χ3v) is 3.74. The van der Waals surface area contributed by atoms with E-state index in [1.165, 1.54) is 11.8 Å². The van der Waals surface area contributed by atoms with E-state index in [1.54, 1.807) is 6.26 Å². The first-order valence-electron chi connectivity index (χ1n) is 5.80. The lowest BCUT2D eigenvalue weighted by Gasteiger charge is -2.05. The molecule has 3 rings (SSSR count). The van der Waals surface area contributed by atoms with Crippen LogP contribution in [0.3, 0.4) is 0 Å². The standard InChI is InChI=1S/C15H10N2OS/c1-10-9-18-15(17-10)19-14-7-6-11(8-16)12-4-2-3-5-13(12)14/h2-7,9H,1H3. The van der Waals surface area contributed by atoms with Crippen LogP contribution in [-0.2, 0) is 0 Å². The fraction of sp³-hybridized carbons (Fsp3) is 0.0667. The van der Waals surface area contributed by atoms with E-state index < -0.39 is 0 Å². The van der Waals surface area contributed by atoms with E-state index in [9.17, 15) is 0 Å². The maximum Gasteiger partial charge on any atom is 0.260 e. The molecule has 0 saturated heterocycles. The molecule has 0 bridgehead atoms. The van der Waals surface area contributed by atoms with Crippen molar-refractivity contribution >= 4 is 22.5 Å². The van der Waals surface area contributed by atoms with Crippen molar-refractivity contribution in [3.8, 4) is 6.07 Å². The summed E-state index contributed by atoms with van der Waals surface area (Å²) >= 11 is 1.47. The van der Waals surface area contributed by atoms with Gasteiger partial charge in [0, 0.05) is 10.3 Å². The zero-order valence-corrected chi connectivity index (χ0v) is 11.1. The van der Waals surface area contributed by atoms with Crippen molar-refractivity contribution < 1.29 is 4.42 Å². The first-order valence-corrected chi connectivity index (χ1v) is 6.61. The van der Waals surface area contributed by atoms with Crippen molar-refractivity contribution in [3.63, 3.8) is 0 Å². The third kappa shape index (κ3) is 2.20. The minimum atomic E-state index is 0.618. The van der Waals surface area contributed by atoms with Gasteiger partial charge in [0.2, 0.25) is 0 Å². The van der Waals surface area contributed by atoms with Gasteiger partial charge in [-0.25, -0.2) is 4.98 Å². The number of nitriles is 1. The Morgan fingerprint density at radius 2 is 1.95 bits per heavy atom. The molecule has 1 aromatic heterocycles. The van der Waals surface area contributed by atoms with Crippen LogP contribution < -0.4 is 0 Å². The Labute approximate surface area is 114 Å². The highest BCUT2D eigenvalue weighted by Gasteiger charge is 2.09. The van der Waals surface area contributed by atoms with E-state index in [0.717, 1.165) is 21.4 Å². The van der Waals surface area contributed by atoms with E-state index in [4.69, 9.17) is 9.68 Å². The lowest BCUT2D eigenvalue weighted by Crippen LogP contribution is -1.83. The molecular formula is C15H10N2OS. The number of hydrogen-bond acceptors (Lipinski definition) is 4. The lowest BCUT2D eigenvalue weighted by atomic mass is 10.1. The van der Waals surface area contributed by atoms with Gasteiger partial charge in [0.1, 0.15) is 6.26 Å². The SMILES string of the molecule is Cc1coc(Sc2ccc(C#N)c3ccccc23)n1. The minimum absolute atomic E-state index is 0.618. The Kier molecular flexibility index (Phi) is 2.98. The second-order valence-electron chi connectivity index (χ2n) is 4.13. The minimum Gasteiger partial charge on any atom is -0.439 e. The summed E-state index contributed by atoms with van der Waals surface area (Å²) in [6.45, 7) is 1.89. The largest absolute Gasteiger partial charge is 0.439 e. The first-order chi connectivity index (χ1) is 9.28. The van der Waals surface area contributed by atoms with Gasteiger partial charge in [0.25, 0.3) is 5.22 Å². The van der Waals surface area contributed by atoms with Crippen LogP contribution in [-0.4, -0.2) is 4.98 Å². The van der Waals surface area contributed by atoms with Crippen molar-refractivity contribution in [3.05, 3.63) is 53.9 Å². The van der Waals surface area contributed by atoms with Crippen LogP contribution in [0.5, 0.6) is 0 Å². The summed E-state index contributed by atoms with van der Waals surface area (Å²) in [5.74, 6) is 0. The average molecular weight is 266 g/mol. The molecule has 0 unspecified atom stereocenters. The predicted octanol–water partition coefficient (Wildman–Crippen LogP) is 4.16. The Morgan fingerprint density at radius 1 is 1.16 bits per heavy atom. The number of hydrogen-bond donors (Lipinski definition) is 0. The molecular weight excluding hydrogens is 256 g/mol. The van der Waals surface area contributed by atoms with Gasteiger partial charge in [0.05, 0.1) is 17.3 Å². The number of oxazole rings is 1. The van der Waals surface area contributed by atoms with Crippen molar-refractivity contribution in [2.24, 2.45) is 0 Å². The van der Waals surface area contributed by atoms with Crippen LogP contribution in [0.1, 0.15) is 11.3 Å². The predicted molar refractivity (Wildman–Crippen MR) is 74.0 cm³/mol. The van der Waals surface area contributed by atoms with Crippen LogP contribution in [0, 0.1) is 18.3 Å². The highest BCUT2D eigenvalue weighted by Crippen LogP contribution is 2.34. The molecule has 4 heteroatoms. The molecule has 1 heterocycles. The monoisotopic (exact) mass is 266 g/mol. The summed E-state index contributed by atoms with van der Waals surface area (Å²) in [6, 6.07) is 13.9. The molecule has 0 atom stereocenters. The fourth-order valence-electron chi connectivity index (χ4n) is 1.93. The number of rotatable bonds is 2. The lowest BCUT2D eigenvalue weighted by molar-refractivity contribution is 0.454. The fourth-order valence-corrected chi connectivity index (χ4v) is 2.83. The van der Waals surface area contributed by atoms with Crippen LogP contribution in [0.2, 0.25) is 0 Å². The molecule has 19 heavy (non-hydrogen) atoms. The molecule has 0 N–H and O–H groups in total. The van der Waals surface area contributed by atoms with E-state index in [0.29, 0.717) is 10.8 Å². The molecule has 0 saturated carbocycles. The van der Waals surface area contributed by atoms with E-state index >= 15 is 0 Å². The molecule has 92 valence electrons. The van der Waals surface area contributed by atoms with Crippen LogP contribution in [0.4, 0.5) is 0 Å². The Morgan fingerprint density at radius 3 is 2.63 bits per heavy atom. The van der Waals surface area contributed by atoms with Gasteiger partial charge in [-0.3, -0.25) is 0 Å². The summed E-state index contributed by atoms with van der Waals surface area (Å²) in [4.78, 5) is 5.33. The molecule has 0 aliphatic carbocycles. The van der Waals surface area contributed by atoms with Gasteiger partial charge in [-0.15, -0.1) is 0 Å². The number of aryl methyl sites for hydroxylation is 1. The molecule has 0 aliphatic heterocycles. The summed E-state index contributed by atoms with van der Waals surface area (Å²) < 4.78 is 5.36. The quantitative estimate of drug-likeness (QED) is 0.698. The normalized spacial score (nSPS) is 10.5. The van der Waals surface area contributed by atoms with Gasteiger partial charge >= 0.3 is 0 Å². The molecule has 3 aromatic rings. The van der Waals surface area contributed by atoms with Crippen molar-refractivity contribution in [1.82, 2.24) is 4.98 Å². The maximum absolute atomic E-state index is 9.13. The first kappa shape index (κ1) is 11.8. The van der Waals surface area contributed by atoms with Crippen LogP contribution in [0.15, 0.2) is 57.2 Å². The van der Waals surface area contributed by atoms with Gasteiger partial charge in [0.15, 0.2) is 0 Å². The number of benzene rings is 2. The highest BCUT2D eigenvalue weighted by atomic mass is 32.2. The zero-order chi connectivity index (χ0) is 13.2. The maximum atomic E-state index is 9.13. The Balaban J connectivity index is 2.12. The smallest absolute Gasteiger partial charge is 0.260 e. The van der Waals surface area contributed by atoms with Crippen molar-refractivity contribution in [2.45, 2.75) is 17.0 Å². The van der Waals surface area contributed by atoms with Crippen molar-refractivity contribution in [1.29, 1.82) is 5.26 Å². The zero-order valence-electron chi connectivity index (χ0n) is 10.3. The molecule has 2 aromatic carbocycles.